The third kappa shape index (κ3) is 10.2. The molecule has 1 saturated heterocycles. The minimum atomic E-state index is -3.69. The highest BCUT2D eigenvalue weighted by Crippen LogP contribution is 2.28. The highest BCUT2D eigenvalue weighted by molar-refractivity contribution is 7.89. The van der Waals surface area contributed by atoms with Crippen molar-refractivity contribution >= 4 is 33.4 Å². The van der Waals surface area contributed by atoms with Crippen LogP contribution in [0.4, 0.5) is 0 Å². The lowest BCUT2D eigenvalue weighted by molar-refractivity contribution is -0.142. The van der Waals surface area contributed by atoms with Crippen molar-refractivity contribution in [1.82, 2.24) is 14.5 Å². The van der Waals surface area contributed by atoms with E-state index in [2.05, 4.69) is 5.32 Å². The molecule has 51 heavy (non-hydrogen) atoms. The number of sulfonamides is 1. The molecule has 11 nitrogen and oxygen atoms in total. The van der Waals surface area contributed by atoms with Crippen LogP contribution in [-0.2, 0) is 43.7 Å². The Kier molecular flexibility index (Phi) is 13.3. The van der Waals surface area contributed by atoms with Crippen molar-refractivity contribution in [3.05, 3.63) is 119 Å². The van der Waals surface area contributed by atoms with E-state index in [0.29, 0.717) is 48.5 Å². The van der Waals surface area contributed by atoms with Gasteiger partial charge in [0, 0.05) is 37.6 Å². The molecule has 2 amide bonds. The number of ether oxygens (including phenoxy) is 4. The quantitative estimate of drug-likeness (QED) is 0.175. The number of carbonyl (C=O) groups is 2. The van der Waals surface area contributed by atoms with E-state index in [1.54, 1.807) is 26.4 Å². The summed E-state index contributed by atoms with van der Waals surface area (Å²) < 4.78 is 49.4. The molecular formula is C38H42ClN3O8S. The Morgan fingerprint density at radius 3 is 2.20 bits per heavy atom. The number of rotatable bonds is 16. The van der Waals surface area contributed by atoms with Crippen LogP contribution in [0.3, 0.4) is 0 Å². The summed E-state index contributed by atoms with van der Waals surface area (Å²) in [6, 6.07) is 27.3. The summed E-state index contributed by atoms with van der Waals surface area (Å²) in [5, 5.41) is 3.58. The van der Waals surface area contributed by atoms with Crippen LogP contribution in [0, 0.1) is 0 Å². The number of nitrogens with zero attached hydrogens (tertiary/aromatic N) is 2. The van der Waals surface area contributed by atoms with Gasteiger partial charge >= 0.3 is 0 Å². The summed E-state index contributed by atoms with van der Waals surface area (Å²) >= 11 is 6.15. The molecule has 13 heteroatoms. The highest BCUT2D eigenvalue weighted by Gasteiger charge is 2.31. The van der Waals surface area contributed by atoms with Gasteiger partial charge in [0.05, 0.1) is 32.3 Å². The van der Waals surface area contributed by atoms with Gasteiger partial charge in [-0.05, 0) is 71.6 Å². The van der Waals surface area contributed by atoms with Gasteiger partial charge in [-0.1, -0.05) is 60.1 Å². The molecule has 0 saturated carbocycles. The predicted molar refractivity (Wildman–Crippen MR) is 194 cm³/mol. The molecule has 1 atom stereocenters. The van der Waals surface area contributed by atoms with Gasteiger partial charge in [-0.15, -0.1) is 0 Å². The molecular weight excluding hydrogens is 694 g/mol. The number of morpholine rings is 1. The number of benzene rings is 4. The van der Waals surface area contributed by atoms with E-state index in [1.165, 1.54) is 33.5 Å². The van der Waals surface area contributed by atoms with Gasteiger partial charge in [0.25, 0.3) is 5.91 Å². The molecule has 5 rings (SSSR count). The minimum absolute atomic E-state index is 0.122. The number of amides is 2. The van der Waals surface area contributed by atoms with E-state index in [9.17, 15) is 18.0 Å². The summed E-state index contributed by atoms with van der Waals surface area (Å²) in [7, 11) is -0.546. The second kappa shape index (κ2) is 18.0. The Balaban J connectivity index is 1.34. The summed E-state index contributed by atoms with van der Waals surface area (Å²) in [5.41, 5.74) is 2.60. The molecule has 0 spiro atoms. The van der Waals surface area contributed by atoms with E-state index in [4.69, 9.17) is 30.5 Å². The van der Waals surface area contributed by atoms with Crippen molar-refractivity contribution in [2.24, 2.45) is 0 Å². The fraction of sp³-hybridized carbons (Fsp3) is 0.316. The molecule has 1 N–H and O–H groups in total. The Labute approximate surface area is 304 Å². The summed E-state index contributed by atoms with van der Waals surface area (Å²) in [6.07, 6.45) is 0.784. The van der Waals surface area contributed by atoms with Gasteiger partial charge in [0.1, 0.15) is 11.8 Å². The average Bonchev–Trinajstić information content (AvgIpc) is 3.16. The van der Waals surface area contributed by atoms with Crippen molar-refractivity contribution in [2.75, 3.05) is 53.7 Å². The van der Waals surface area contributed by atoms with E-state index in [-0.39, 0.29) is 43.5 Å². The van der Waals surface area contributed by atoms with Crippen LogP contribution in [0.1, 0.15) is 16.7 Å². The van der Waals surface area contributed by atoms with E-state index in [1.807, 2.05) is 60.7 Å². The Morgan fingerprint density at radius 1 is 0.863 bits per heavy atom. The largest absolute Gasteiger partial charge is 0.493 e. The summed E-state index contributed by atoms with van der Waals surface area (Å²) in [4.78, 5) is 29.7. The number of carbonyl (C=O) groups excluding carboxylic acids is 2. The monoisotopic (exact) mass is 735 g/mol. The van der Waals surface area contributed by atoms with Crippen molar-refractivity contribution in [3.8, 4) is 17.2 Å². The van der Waals surface area contributed by atoms with Gasteiger partial charge in [-0.25, -0.2) is 8.42 Å². The molecule has 1 fully saturated rings. The van der Waals surface area contributed by atoms with E-state index >= 15 is 0 Å². The maximum absolute atomic E-state index is 14.0. The fourth-order valence-electron chi connectivity index (χ4n) is 5.70. The third-order valence-corrected chi connectivity index (χ3v) is 10.7. The zero-order chi connectivity index (χ0) is 36.2. The second-order valence-electron chi connectivity index (χ2n) is 11.9. The predicted octanol–water partition coefficient (Wildman–Crippen LogP) is 4.76. The Hall–Kier alpha value is -4.62. The van der Waals surface area contributed by atoms with Crippen LogP contribution in [-0.4, -0.2) is 89.2 Å². The summed E-state index contributed by atoms with van der Waals surface area (Å²) in [6.45, 7) is 1.31. The van der Waals surface area contributed by atoms with Crippen LogP contribution in [0.15, 0.2) is 102 Å². The smallest absolute Gasteiger partial charge is 0.261 e. The Bertz CT molecular complexity index is 1850. The third-order valence-electron chi connectivity index (χ3n) is 8.49. The molecule has 270 valence electrons. The Morgan fingerprint density at radius 2 is 1.53 bits per heavy atom. The SMILES string of the molecule is COc1ccc(CCNC(=O)[C@H](Cc2ccccc2)N(Cc2ccc(Cl)cc2)C(=O)COc2ccc(S(=O)(=O)N3CCOCC3)cc2)cc1OC. The first kappa shape index (κ1) is 37.6. The van der Waals surface area contributed by atoms with Crippen molar-refractivity contribution in [3.63, 3.8) is 0 Å². The number of hydrogen-bond donors (Lipinski definition) is 1. The first-order valence-electron chi connectivity index (χ1n) is 16.5. The second-order valence-corrected chi connectivity index (χ2v) is 14.2. The molecule has 0 aromatic heterocycles. The van der Waals surface area contributed by atoms with Crippen LogP contribution >= 0.6 is 11.6 Å². The number of nitrogens with one attached hydrogen (secondary N) is 1. The first-order valence-corrected chi connectivity index (χ1v) is 18.4. The van der Waals surface area contributed by atoms with Gasteiger partial charge < -0.3 is 29.2 Å². The summed E-state index contributed by atoms with van der Waals surface area (Å²) in [5.74, 6) is 0.775. The highest BCUT2D eigenvalue weighted by atomic mass is 35.5. The molecule has 4 aromatic carbocycles. The molecule has 1 heterocycles. The molecule has 0 unspecified atom stereocenters. The number of hydrogen-bond acceptors (Lipinski definition) is 8. The molecule has 0 radical (unpaired) electrons. The minimum Gasteiger partial charge on any atom is -0.493 e. The van der Waals surface area contributed by atoms with E-state index in [0.717, 1.165) is 16.7 Å². The molecule has 0 aliphatic carbocycles. The van der Waals surface area contributed by atoms with Crippen molar-refractivity contribution in [2.45, 2.75) is 30.3 Å². The number of halogens is 1. The standard InChI is InChI=1S/C38H42ClN3O8S/c1-47-35-17-10-29(25-36(35)48-2)18-19-40-38(44)34(24-28-6-4-3-5-7-28)42(26-30-8-11-31(39)12-9-30)37(43)27-50-32-13-15-33(16-14-32)51(45,46)41-20-22-49-23-21-41/h3-17,25,34H,18-24,26-27H2,1-2H3,(H,40,44)/t34-/m0/s1. The van der Waals surface area contributed by atoms with Crippen molar-refractivity contribution in [1.29, 1.82) is 0 Å². The lowest BCUT2D eigenvalue weighted by atomic mass is 10.0. The van der Waals surface area contributed by atoms with Crippen LogP contribution in [0.5, 0.6) is 17.2 Å². The van der Waals surface area contributed by atoms with E-state index < -0.39 is 22.0 Å². The first-order chi connectivity index (χ1) is 24.7. The van der Waals surface area contributed by atoms with Gasteiger partial charge in [0.2, 0.25) is 15.9 Å². The van der Waals surface area contributed by atoms with Crippen LogP contribution in [0.2, 0.25) is 5.02 Å². The molecule has 0 bridgehead atoms. The lowest BCUT2D eigenvalue weighted by Gasteiger charge is -2.31. The lowest BCUT2D eigenvalue weighted by Crippen LogP contribution is -2.52. The normalized spacial score (nSPS) is 13.9. The van der Waals surface area contributed by atoms with Crippen LogP contribution in [0.25, 0.3) is 0 Å². The number of methoxy groups -OCH3 is 2. The topological polar surface area (TPSA) is 124 Å². The van der Waals surface area contributed by atoms with Crippen molar-refractivity contribution < 1.29 is 37.0 Å². The van der Waals surface area contributed by atoms with Gasteiger partial charge in [-0.3, -0.25) is 9.59 Å². The van der Waals surface area contributed by atoms with Gasteiger partial charge in [0.15, 0.2) is 18.1 Å². The molecule has 4 aromatic rings. The zero-order valence-corrected chi connectivity index (χ0v) is 30.2. The zero-order valence-electron chi connectivity index (χ0n) is 28.6. The van der Waals surface area contributed by atoms with Crippen LogP contribution < -0.4 is 19.5 Å². The maximum Gasteiger partial charge on any atom is 0.261 e. The average molecular weight is 736 g/mol. The molecule has 1 aliphatic heterocycles. The fourth-order valence-corrected chi connectivity index (χ4v) is 7.23. The molecule has 1 aliphatic rings. The van der Waals surface area contributed by atoms with Gasteiger partial charge in [-0.2, -0.15) is 4.31 Å². The maximum atomic E-state index is 14.0.